The Morgan fingerprint density at radius 3 is 1.77 bits per heavy atom. The Bertz CT molecular complexity index is 2370. The van der Waals surface area contributed by atoms with Gasteiger partial charge >= 0.3 is 0 Å². The van der Waals surface area contributed by atoms with Crippen molar-refractivity contribution in [3.63, 3.8) is 0 Å². The van der Waals surface area contributed by atoms with Gasteiger partial charge in [0.05, 0.1) is 30.4 Å². The normalized spacial score (nSPS) is 15.0. The number of benzene rings is 6. The number of hydrazone groups is 2. The van der Waals surface area contributed by atoms with Crippen LogP contribution in [0.4, 0.5) is 0 Å². The molecule has 280 valence electrons. The number of nitrogens with one attached hydrogen (secondary N) is 1. The first-order chi connectivity index (χ1) is 27.3. The Morgan fingerprint density at radius 2 is 1.27 bits per heavy atom. The van der Waals surface area contributed by atoms with Gasteiger partial charge in [0.25, 0.3) is 10.0 Å². The lowest BCUT2D eigenvalue weighted by atomic mass is 9.77. The first-order valence-electron chi connectivity index (χ1n) is 17.9. The Labute approximate surface area is 332 Å². The van der Waals surface area contributed by atoms with E-state index in [1.54, 1.807) is 23.4 Å². The first kappa shape index (κ1) is 37.9. The van der Waals surface area contributed by atoms with Gasteiger partial charge in [-0.05, 0) is 57.6 Å². The molecule has 0 bridgehead atoms. The Balaban J connectivity index is 1.23. The third-order valence-corrected chi connectivity index (χ3v) is 11.1. The molecular formula is C44H39ClN8O2S. The molecule has 0 saturated heterocycles. The zero-order valence-electron chi connectivity index (χ0n) is 30.8. The predicted octanol–water partition coefficient (Wildman–Crippen LogP) is 8.73. The average molecular weight is 779 g/mol. The summed E-state index contributed by atoms with van der Waals surface area (Å²) in [6.45, 7) is 0.371. The quantitative estimate of drug-likeness (QED) is 0.0466. The third kappa shape index (κ3) is 7.86. The van der Waals surface area contributed by atoms with Gasteiger partial charge in [0.15, 0.2) is 5.54 Å². The summed E-state index contributed by atoms with van der Waals surface area (Å²) in [4.78, 5) is 4.36. The molecule has 0 fully saturated rings. The number of rotatable bonds is 11. The molecule has 1 aliphatic heterocycles. The number of hydrogen-bond acceptors (Lipinski definition) is 7. The van der Waals surface area contributed by atoms with Gasteiger partial charge in [0.1, 0.15) is 0 Å². The molecule has 56 heavy (non-hydrogen) atoms. The second kappa shape index (κ2) is 16.9. The summed E-state index contributed by atoms with van der Waals surface area (Å²) in [6.07, 6.45) is 1.77. The van der Waals surface area contributed by atoms with Crippen LogP contribution in [0.5, 0.6) is 0 Å². The first-order valence-corrected chi connectivity index (χ1v) is 19.8. The highest BCUT2D eigenvalue weighted by molar-refractivity contribution is 7.90. The van der Waals surface area contributed by atoms with Crippen LogP contribution in [0, 0.1) is 0 Å². The maximum absolute atomic E-state index is 13.3. The van der Waals surface area contributed by atoms with Gasteiger partial charge in [-0.3, -0.25) is 4.99 Å². The number of sulfonamides is 1. The molecule has 0 aromatic heterocycles. The molecule has 1 aliphatic rings. The van der Waals surface area contributed by atoms with Crippen LogP contribution in [0.1, 0.15) is 39.3 Å². The van der Waals surface area contributed by atoms with Crippen molar-refractivity contribution in [1.29, 1.82) is 0 Å². The van der Waals surface area contributed by atoms with Crippen LogP contribution in [-0.4, -0.2) is 57.1 Å². The van der Waals surface area contributed by atoms with E-state index < -0.39 is 15.6 Å². The van der Waals surface area contributed by atoms with Crippen molar-refractivity contribution in [3.05, 3.63) is 208 Å². The molecule has 0 aliphatic carbocycles. The maximum atomic E-state index is 13.3. The standard InChI is InChI=1S/C44H39ClN8O2S/c1-46-43(50-56(54,55)40-29-27-39(45)28-30-40)52-32-41(34-15-7-3-8-16-34)42(49-52)35-25-23-33(24-26-35)31-48-53(51-47-2)44(36-17-9-4-10-18-36,37-19-11-5-12-20-37)38-21-13-6-14-22-38/h3-31,41H,32H2,1-2H3,(H,46,50)/b48-31+,51-47?. The van der Waals surface area contributed by atoms with E-state index in [1.165, 1.54) is 31.3 Å². The highest BCUT2D eigenvalue weighted by Gasteiger charge is 2.43. The zero-order chi connectivity index (χ0) is 39.0. The summed E-state index contributed by atoms with van der Waals surface area (Å²) in [6, 6.07) is 54.4. The van der Waals surface area contributed by atoms with Gasteiger partial charge in [0, 0.05) is 18.0 Å². The molecule has 6 aromatic rings. The molecule has 7 rings (SSSR count). The van der Waals surface area contributed by atoms with Crippen molar-refractivity contribution >= 4 is 39.5 Å². The largest absolute Gasteiger partial charge is 0.264 e. The topological polar surface area (TPSA) is 114 Å². The number of hydrogen-bond donors (Lipinski definition) is 1. The van der Waals surface area contributed by atoms with E-state index in [0.717, 1.165) is 39.1 Å². The molecule has 0 saturated carbocycles. The number of guanidine groups is 1. The fraction of sp³-hybridized carbons (Fsp3) is 0.114. The minimum Gasteiger partial charge on any atom is -0.254 e. The molecule has 6 aromatic carbocycles. The summed E-state index contributed by atoms with van der Waals surface area (Å²) < 4.78 is 29.3. The van der Waals surface area contributed by atoms with Crippen molar-refractivity contribution in [2.24, 2.45) is 25.5 Å². The van der Waals surface area contributed by atoms with Crippen LogP contribution < -0.4 is 4.72 Å². The molecule has 1 N–H and O–H groups in total. The van der Waals surface area contributed by atoms with E-state index in [4.69, 9.17) is 21.8 Å². The number of halogens is 1. The zero-order valence-corrected chi connectivity index (χ0v) is 32.3. The van der Waals surface area contributed by atoms with Crippen LogP contribution in [0.15, 0.2) is 200 Å². The highest BCUT2D eigenvalue weighted by Crippen LogP contribution is 2.43. The van der Waals surface area contributed by atoms with Crippen molar-refractivity contribution in [3.8, 4) is 0 Å². The molecule has 1 unspecified atom stereocenters. The monoisotopic (exact) mass is 778 g/mol. The van der Waals surface area contributed by atoms with E-state index in [2.05, 4.69) is 56.5 Å². The average Bonchev–Trinajstić information content (AvgIpc) is 3.70. The Morgan fingerprint density at radius 1 is 0.750 bits per heavy atom. The predicted molar refractivity (Wildman–Crippen MR) is 223 cm³/mol. The van der Waals surface area contributed by atoms with Gasteiger partial charge in [-0.1, -0.05) is 162 Å². The molecule has 10 nitrogen and oxygen atoms in total. The molecule has 0 radical (unpaired) electrons. The smallest absolute Gasteiger partial charge is 0.254 e. The van der Waals surface area contributed by atoms with Crippen LogP contribution >= 0.6 is 11.6 Å². The molecule has 1 atom stereocenters. The van der Waals surface area contributed by atoms with Gasteiger partial charge in [-0.25, -0.2) is 18.1 Å². The van der Waals surface area contributed by atoms with E-state index in [0.29, 0.717) is 11.6 Å². The van der Waals surface area contributed by atoms with Gasteiger partial charge < -0.3 is 0 Å². The summed E-state index contributed by atoms with van der Waals surface area (Å²) in [7, 11) is -0.796. The molecule has 0 spiro atoms. The third-order valence-electron chi connectivity index (χ3n) is 9.49. The lowest BCUT2D eigenvalue weighted by molar-refractivity contribution is 0.157. The van der Waals surface area contributed by atoms with Crippen molar-refractivity contribution in [2.45, 2.75) is 16.4 Å². The summed E-state index contributed by atoms with van der Waals surface area (Å²) in [5, 5.41) is 22.5. The van der Waals surface area contributed by atoms with Crippen LogP contribution in [-0.2, 0) is 15.6 Å². The maximum Gasteiger partial charge on any atom is 0.264 e. The Kier molecular flexibility index (Phi) is 11.4. The Hall–Kier alpha value is -6.43. The summed E-state index contributed by atoms with van der Waals surface area (Å²) in [5.41, 5.74) is 5.46. The van der Waals surface area contributed by atoms with Crippen LogP contribution in [0.25, 0.3) is 0 Å². The molecule has 0 amide bonds. The van der Waals surface area contributed by atoms with E-state index in [1.807, 2.05) is 109 Å². The van der Waals surface area contributed by atoms with Gasteiger partial charge in [-0.2, -0.15) is 15.3 Å². The van der Waals surface area contributed by atoms with Crippen LogP contribution in [0.2, 0.25) is 5.02 Å². The highest BCUT2D eigenvalue weighted by atomic mass is 35.5. The molecule has 12 heteroatoms. The van der Waals surface area contributed by atoms with Gasteiger partial charge in [0.2, 0.25) is 5.96 Å². The summed E-state index contributed by atoms with van der Waals surface area (Å²) in [5.74, 6) is -0.0697. The van der Waals surface area contributed by atoms with Crippen LogP contribution in [0.3, 0.4) is 0 Å². The number of aliphatic imine (C=N–C) groups is 1. The fourth-order valence-corrected chi connectivity index (χ4v) is 8.03. The van der Waals surface area contributed by atoms with Crippen molar-refractivity contribution < 1.29 is 8.42 Å². The van der Waals surface area contributed by atoms with E-state index in [9.17, 15) is 8.42 Å². The van der Waals surface area contributed by atoms with Gasteiger partial charge in [-0.15, -0.1) is 5.12 Å². The second-order valence-corrected chi connectivity index (χ2v) is 15.0. The minimum absolute atomic E-state index is 0.0656. The minimum atomic E-state index is -3.96. The molecule has 1 heterocycles. The van der Waals surface area contributed by atoms with Crippen molar-refractivity contribution in [1.82, 2.24) is 14.8 Å². The SMILES string of the molecule is CN=NN(/N=C/c1ccc(C2=NN(C(=NC)NS(=O)(=O)c3ccc(Cl)cc3)CC2c2ccccc2)cc1)C(c1ccccc1)(c1ccccc1)c1ccccc1. The number of nitrogens with zero attached hydrogens (tertiary/aromatic N) is 7. The lowest BCUT2D eigenvalue weighted by Gasteiger charge is -2.39. The van der Waals surface area contributed by atoms with E-state index >= 15 is 0 Å². The lowest BCUT2D eigenvalue weighted by Crippen LogP contribution is -2.42. The van der Waals surface area contributed by atoms with E-state index in [-0.39, 0.29) is 16.8 Å². The van der Waals surface area contributed by atoms with Crippen molar-refractivity contribution in [2.75, 3.05) is 20.6 Å². The summed E-state index contributed by atoms with van der Waals surface area (Å²) >= 11 is 6.01. The fourth-order valence-electron chi connectivity index (χ4n) is 6.86. The second-order valence-electron chi connectivity index (χ2n) is 12.9. The molecular weight excluding hydrogens is 740 g/mol.